The zero-order valence-corrected chi connectivity index (χ0v) is 10.9. The maximum Gasteiger partial charge on any atom is 0.250 e. The first-order valence-corrected chi connectivity index (χ1v) is 6.09. The maximum atomic E-state index is 11.2. The Hall–Kier alpha value is -1.34. The minimum atomic E-state index is -1.33. The summed E-state index contributed by atoms with van der Waals surface area (Å²) in [6, 6.07) is 0. The number of halogens is 1. The van der Waals surface area contributed by atoms with Gasteiger partial charge in [-0.1, -0.05) is 12.7 Å². The standard InChI is InChI=1S/C12H15ClN2O4/c1-3-12(6-16)10(18)9(13)11(19-12)15-5-4-8(17)14-7(15)2/h3-5,9-11,16,18H,1-2,6H2,(H,14,17)/t9-,10+,11-,12-/m1/s1. The molecule has 2 aliphatic heterocycles. The highest BCUT2D eigenvalue weighted by Crippen LogP contribution is 2.38. The molecule has 0 unspecified atom stereocenters. The number of hydrogen-bond donors (Lipinski definition) is 3. The minimum Gasteiger partial charge on any atom is -0.393 e. The van der Waals surface area contributed by atoms with Crippen molar-refractivity contribution in [3.63, 3.8) is 0 Å². The van der Waals surface area contributed by atoms with Crippen molar-refractivity contribution in [1.29, 1.82) is 0 Å². The van der Waals surface area contributed by atoms with Crippen LogP contribution in [0.15, 0.2) is 37.3 Å². The van der Waals surface area contributed by atoms with E-state index in [1.807, 2.05) is 0 Å². The van der Waals surface area contributed by atoms with E-state index in [-0.39, 0.29) is 11.7 Å². The molecule has 1 amide bonds. The number of aliphatic hydroxyl groups excluding tert-OH is 2. The largest absolute Gasteiger partial charge is 0.393 e. The van der Waals surface area contributed by atoms with E-state index in [1.165, 1.54) is 23.3 Å². The van der Waals surface area contributed by atoms with Gasteiger partial charge in [-0.05, 0) is 0 Å². The summed E-state index contributed by atoms with van der Waals surface area (Å²) in [6.07, 6.45) is 2.18. The lowest BCUT2D eigenvalue weighted by Crippen LogP contribution is -2.44. The van der Waals surface area contributed by atoms with Crippen LogP contribution >= 0.6 is 11.6 Å². The first-order chi connectivity index (χ1) is 8.95. The third-order valence-electron chi connectivity index (χ3n) is 3.25. The monoisotopic (exact) mass is 286 g/mol. The second-order valence-corrected chi connectivity index (χ2v) is 4.88. The molecule has 2 aliphatic rings. The highest BCUT2D eigenvalue weighted by molar-refractivity contribution is 6.21. The molecule has 0 bridgehead atoms. The van der Waals surface area contributed by atoms with E-state index in [0.717, 1.165) is 0 Å². The topological polar surface area (TPSA) is 82.0 Å². The molecule has 2 heterocycles. The molecule has 1 fully saturated rings. The van der Waals surface area contributed by atoms with Crippen molar-refractivity contribution in [3.8, 4) is 0 Å². The van der Waals surface area contributed by atoms with Crippen LogP contribution in [0.4, 0.5) is 0 Å². The van der Waals surface area contributed by atoms with Gasteiger partial charge in [0.25, 0.3) is 5.91 Å². The SMILES string of the molecule is C=C[C@]1(CO)O[C@@H](N2C=CC(=O)NC2=C)[C@H](Cl)[C@@H]1O. The number of nitrogens with one attached hydrogen (secondary N) is 1. The summed E-state index contributed by atoms with van der Waals surface area (Å²) in [5, 5.41) is 21.2. The number of aliphatic hydroxyl groups is 2. The molecule has 0 radical (unpaired) electrons. The smallest absolute Gasteiger partial charge is 0.250 e. The van der Waals surface area contributed by atoms with Gasteiger partial charge < -0.3 is 25.2 Å². The molecule has 2 rings (SSSR count). The molecule has 0 aliphatic carbocycles. The molecular formula is C12H15ClN2O4. The average Bonchev–Trinajstić information content (AvgIpc) is 2.64. The van der Waals surface area contributed by atoms with Gasteiger partial charge in [-0.15, -0.1) is 18.2 Å². The Balaban J connectivity index is 2.27. The Morgan fingerprint density at radius 3 is 2.84 bits per heavy atom. The van der Waals surface area contributed by atoms with Crippen molar-refractivity contribution >= 4 is 17.5 Å². The van der Waals surface area contributed by atoms with Gasteiger partial charge in [0.2, 0.25) is 0 Å². The molecule has 4 atom stereocenters. The number of alkyl halides is 1. The Morgan fingerprint density at radius 2 is 2.37 bits per heavy atom. The average molecular weight is 287 g/mol. The van der Waals surface area contributed by atoms with Gasteiger partial charge in [0.1, 0.15) is 22.9 Å². The fourth-order valence-corrected chi connectivity index (χ4v) is 2.47. The summed E-state index contributed by atoms with van der Waals surface area (Å²) in [5.74, 6) is -0.0174. The molecule has 0 aromatic carbocycles. The molecule has 1 saturated heterocycles. The normalized spacial score (nSPS) is 38.5. The summed E-state index contributed by atoms with van der Waals surface area (Å²) in [4.78, 5) is 12.6. The Labute approximate surface area is 115 Å². The maximum absolute atomic E-state index is 11.2. The van der Waals surface area contributed by atoms with Gasteiger partial charge in [0.05, 0.1) is 6.61 Å². The molecular weight excluding hydrogens is 272 g/mol. The molecule has 6 nitrogen and oxygen atoms in total. The summed E-state index contributed by atoms with van der Waals surface area (Å²) in [5.41, 5.74) is -1.33. The van der Waals surface area contributed by atoms with Gasteiger partial charge >= 0.3 is 0 Å². The van der Waals surface area contributed by atoms with E-state index in [4.69, 9.17) is 16.3 Å². The summed E-state index contributed by atoms with van der Waals surface area (Å²) in [6.45, 7) is 6.78. The Morgan fingerprint density at radius 1 is 1.68 bits per heavy atom. The highest BCUT2D eigenvalue weighted by Gasteiger charge is 2.54. The summed E-state index contributed by atoms with van der Waals surface area (Å²) in [7, 11) is 0. The number of carbonyl (C=O) groups excluding carboxylic acids is 1. The van der Waals surface area contributed by atoms with E-state index in [1.54, 1.807) is 0 Å². The zero-order chi connectivity index (χ0) is 14.2. The number of rotatable bonds is 3. The van der Waals surface area contributed by atoms with Crippen molar-refractivity contribution in [2.75, 3.05) is 6.61 Å². The van der Waals surface area contributed by atoms with Crippen LogP contribution in [-0.4, -0.2) is 50.9 Å². The van der Waals surface area contributed by atoms with E-state index >= 15 is 0 Å². The lowest BCUT2D eigenvalue weighted by molar-refractivity contribution is -0.120. The molecule has 7 heteroatoms. The fraction of sp³-hybridized carbons (Fsp3) is 0.417. The van der Waals surface area contributed by atoms with Gasteiger partial charge in [-0.25, -0.2) is 0 Å². The van der Waals surface area contributed by atoms with Crippen molar-refractivity contribution < 1.29 is 19.7 Å². The van der Waals surface area contributed by atoms with Gasteiger partial charge in [-0.3, -0.25) is 4.79 Å². The Kier molecular flexibility index (Phi) is 3.69. The number of hydrogen-bond acceptors (Lipinski definition) is 5. The zero-order valence-electron chi connectivity index (χ0n) is 10.1. The van der Waals surface area contributed by atoms with Crippen LogP contribution in [0.5, 0.6) is 0 Å². The van der Waals surface area contributed by atoms with Crippen LogP contribution in [0, 0.1) is 0 Å². The predicted octanol–water partition coefficient (Wildman–Crippen LogP) is -0.355. The first kappa shape index (κ1) is 14.1. The quantitative estimate of drug-likeness (QED) is 0.488. The molecule has 0 aromatic rings. The number of amides is 1. The van der Waals surface area contributed by atoms with Crippen LogP contribution in [0.1, 0.15) is 0 Å². The van der Waals surface area contributed by atoms with Gasteiger partial charge in [0.15, 0.2) is 6.23 Å². The van der Waals surface area contributed by atoms with E-state index in [0.29, 0.717) is 0 Å². The van der Waals surface area contributed by atoms with E-state index in [2.05, 4.69) is 18.5 Å². The van der Waals surface area contributed by atoms with Crippen molar-refractivity contribution in [1.82, 2.24) is 10.2 Å². The van der Waals surface area contributed by atoms with Crippen LogP contribution in [0.3, 0.4) is 0 Å². The van der Waals surface area contributed by atoms with Gasteiger partial charge in [0, 0.05) is 12.3 Å². The van der Waals surface area contributed by atoms with Crippen molar-refractivity contribution in [2.45, 2.75) is 23.3 Å². The number of carbonyl (C=O) groups is 1. The second kappa shape index (κ2) is 4.97. The molecule has 0 spiro atoms. The predicted molar refractivity (Wildman–Crippen MR) is 68.8 cm³/mol. The van der Waals surface area contributed by atoms with Crippen LogP contribution in [0.2, 0.25) is 0 Å². The number of nitrogens with zero attached hydrogens (tertiary/aromatic N) is 1. The summed E-state index contributed by atoms with van der Waals surface area (Å²) < 4.78 is 5.63. The first-order valence-electron chi connectivity index (χ1n) is 5.66. The van der Waals surface area contributed by atoms with Crippen LogP contribution in [0.25, 0.3) is 0 Å². The molecule has 19 heavy (non-hydrogen) atoms. The van der Waals surface area contributed by atoms with E-state index in [9.17, 15) is 15.0 Å². The van der Waals surface area contributed by atoms with Crippen molar-refractivity contribution in [3.05, 3.63) is 37.3 Å². The summed E-state index contributed by atoms with van der Waals surface area (Å²) >= 11 is 6.14. The van der Waals surface area contributed by atoms with Crippen molar-refractivity contribution in [2.24, 2.45) is 0 Å². The molecule has 104 valence electrons. The molecule has 0 aromatic heterocycles. The highest BCUT2D eigenvalue weighted by atomic mass is 35.5. The molecule has 0 saturated carbocycles. The van der Waals surface area contributed by atoms with Gasteiger partial charge in [-0.2, -0.15) is 0 Å². The third-order valence-corrected chi connectivity index (χ3v) is 3.70. The number of ether oxygens (including phenoxy) is 1. The Bertz CT molecular complexity index is 453. The lowest BCUT2D eigenvalue weighted by atomic mass is 9.98. The minimum absolute atomic E-state index is 0.285. The van der Waals surface area contributed by atoms with Crippen LogP contribution < -0.4 is 5.32 Å². The van der Waals surface area contributed by atoms with E-state index < -0.39 is 29.9 Å². The lowest BCUT2D eigenvalue weighted by Gasteiger charge is -2.33. The molecule has 3 N–H and O–H groups in total. The fourth-order valence-electron chi connectivity index (χ4n) is 2.08. The third kappa shape index (κ3) is 2.17. The second-order valence-electron chi connectivity index (χ2n) is 4.37. The van der Waals surface area contributed by atoms with Crippen LogP contribution in [-0.2, 0) is 9.53 Å².